The van der Waals surface area contributed by atoms with E-state index in [1.807, 2.05) is 53.2 Å². The van der Waals surface area contributed by atoms with Gasteiger partial charge in [-0.1, -0.05) is 6.07 Å². The fourth-order valence-corrected chi connectivity index (χ4v) is 3.60. The highest BCUT2D eigenvalue weighted by molar-refractivity contribution is 7.71. The average Bonchev–Trinajstić information content (AvgIpc) is 3.35. The molecule has 26 heavy (non-hydrogen) atoms. The molecule has 3 aromatic rings. The molecule has 9 heteroatoms. The predicted octanol–water partition coefficient (Wildman–Crippen LogP) is 3.07. The van der Waals surface area contributed by atoms with Crippen LogP contribution in [0.2, 0.25) is 0 Å². The highest BCUT2D eigenvalue weighted by atomic mass is 32.1. The van der Waals surface area contributed by atoms with Crippen LogP contribution < -0.4 is 5.32 Å². The Morgan fingerprint density at radius 3 is 2.96 bits per heavy atom. The summed E-state index contributed by atoms with van der Waals surface area (Å²) in [5.41, 5.74) is 0. The summed E-state index contributed by atoms with van der Waals surface area (Å²) in [6.07, 6.45) is 1.96. The summed E-state index contributed by atoms with van der Waals surface area (Å²) in [6, 6.07) is 7.70. The van der Waals surface area contributed by atoms with Crippen LogP contribution >= 0.6 is 23.6 Å². The van der Waals surface area contributed by atoms with Crippen LogP contribution in [0.4, 0.5) is 0 Å². The fourth-order valence-electron chi connectivity index (χ4n) is 2.65. The van der Waals surface area contributed by atoms with Gasteiger partial charge in [-0.3, -0.25) is 19.4 Å². The molecule has 3 rings (SSSR count). The Hall–Kier alpha value is -2.23. The SMILES string of the molecule is CN(C)C(CNC(=O)CCn1c(-c2cccs2)n[nH]c1=S)c1ccco1. The lowest BCUT2D eigenvalue weighted by Gasteiger charge is -2.22. The molecule has 0 spiro atoms. The van der Waals surface area contributed by atoms with E-state index in [-0.39, 0.29) is 11.9 Å². The van der Waals surface area contributed by atoms with Gasteiger partial charge in [0.25, 0.3) is 0 Å². The van der Waals surface area contributed by atoms with Crippen molar-refractivity contribution in [1.82, 2.24) is 25.0 Å². The number of likely N-dealkylation sites (N-methyl/N-ethyl adjacent to an activating group) is 1. The topological polar surface area (TPSA) is 79.1 Å². The van der Waals surface area contributed by atoms with E-state index in [0.717, 1.165) is 16.5 Å². The second kappa shape index (κ2) is 8.43. The lowest BCUT2D eigenvalue weighted by atomic mass is 10.2. The van der Waals surface area contributed by atoms with E-state index in [0.29, 0.717) is 24.3 Å². The number of aromatic nitrogens is 3. The van der Waals surface area contributed by atoms with Crippen LogP contribution in [0.25, 0.3) is 10.7 Å². The number of hydrogen-bond donors (Lipinski definition) is 2. The van der Waals surface area contributed by atoms with Crippen molar-refractivity contribution in [2.45, 2.75) is 19.0 Å². The number of carbonyl (C=O) groups is 1. The van der Waals surface area contributed by atoms with E-state index >= 15 is 0 Å². The molecule has 1 amide bonds. The van der Waals surface area contributed by atoms with Crippen molar-refractivity contribution in [3.63, 3.8) is 0 Å². The number of furan rings is 1. The van der Waals surface area contributed by atoms with Crippen molar-refractivity contribution in [3.05, 3.63) is 46.4 Å². The molecule has 0 aliphatic carbocycles. The number of amides is 1. The van der Waals surface area contributed by atoms with Crippen molar-refractivity contribution in [1.29, 1.82) is 0 Å². The summed E-state index contributed by atoms with van der Waals surface area (Å²) >= 11 is 6.88. The Kier molecular flexibility index (Phi) is 6.02. The van der Waals surface area contributed by atoms with E-state index in [2.05, 4.69) is 15.5 Å². The standard InChI is InChI=1S/C17H21N5O2S2/c1-21(2)12(13-5-3-9-24-13)11-18-15(23)7-8-22-16(19-20-17(22)25)14-6-4-10-26-14/h3-6,9-10,12H,7-8,11H2,1-2H3,(H,18,23)(H,20,25). The van der Waals surface area contributed by atoms with Crippen molar-refractivity contribution in [2.24, 2.45) is 0 Å². The Labute approximate surface area is 160 Å². The van der Waals surface area contributed by atoms with Gasteiger partial charge in [-0.15, -0.1) is 11.3 Å². The van der Waals surface area contributed by atoms with Crippen LogP contribution in [-0.2, 0) is 11.3 Å². The highest BCUT2D eigenvalue weighted by Gasteiger charge is 2.18. The number of carbonyl (C=O) groups excluding carboxylic acids is 1. The zero-order valence-electron chi connectivity index (χ0n) is 14.6. The van der Waals surface area contributed by atoms with Gasteiger partial charge in [-0.25, -0.2) is 0 Å². The maximum atomic E-state index is 12.3. The van der Waals surface area contributed by atoms with Gasteiger partial charge in [0.2, 0.25) is 5.91 Å². The summed E-state index contributed by atoms with van der Waals surface area (Å²) in [6.45, 7) is 0.954. The minimum absolute atomic E-state index is 0.00766. The number of aromatic amines is 1. The molecule has 138 valence electrons. The molecule has 7 nitrogen and oxygen atoms in total. The molecule has 0 aromatic carbocycles. The van der Waals surface area contributed by atoms with Crippen LogP contribution in [0.1, 0.15) is 18.2 Å². The minimum atomic E-state index is -0.0383. The Morgan fingerprint density at radius 1 is 1.46 bits per heavy atom. The summed E-state index contributed by atoms with van der Waals surface area (Å²) in [4.78, 5) is 15.3. The van der Waals surface area contributed by atoms with Gasteiger partial charge in [0.15, 0.2) is 10.6 Å². The first-order chi connectivity index (χ1) is 12.6. The minimum Gasteiger partial charge on any atom is -0.468 e. The Morgan fingerprint density at radius 2 is 2.31 bits per heavy atom. The third-order valence-corrected chi connectivity index (χ3v) is 5.23. The Balaban J connectivity index is 1.58. The number of nitrogens with zero attached hydrogens (tertiary/aromatic N) is 3. The Bertz CT molecular complexity index is 881. The molecule has 1 unspecified atom stereocenters. The molecular weight excluding hydrogens is 370 g/mol. The second-order valence-corrected chi connectivity index (χ2v) is 7.36. The third-order valence-electron chi connectivity index (χ3n) is 4.05. The smallest absolute Gasteiger partial charge is 0.221 e. The molecule has 0 radical (unpaired) electrons. The van der Waals surface area contributed by atoms with E-state index in [1.54, 1.807) is 17.6 Å². The van der Waals surface area contributed by atoms with Crippen molar-refractivity contribution < 1.29 is 9.21 Å². The fraction of sp³-hybridized carbons (Fsp3) is 0.353. The summed E-state index contributed by atoms with van der Waals surface area (Å²) in [7, 11) is 3.91. The zero-order chi connectivity index (χ0) is 18.5. The maximum Gasteiger partial charge on any atom is 0.221 e. The van der Waals surface area contributed by atoms with Gasteiger partial charge in [-0.05, 0) is 49.9 Å². The molecule has 0 bridgehead atoms. The van der Waals surface area contributed by atoms with Gasteiger partial charge in [-0.2, -0.15) is 5.10 Å². The van der Waals surface area contributed by atoms with Gasteiger partial charge in [0.1, 0.15) is 5.76 Å². The molecule has 2 N–H and O–H groups in total. The molecule has 3 aromatic heterocycles. The van der Waals surface area contributed by atoms with Crippen LogP contribution in [0, 0.1) is 4.77 Å². The molecular formula is C17H21N5O2S2. The molecule has 3 heterocycles. The number of rotatable bonds is 8. The lowest BCUT2D eigenvalue weighted by Crippen LogP contribution is -2.34. The largest absolute Gasteiger partial charge is 0.468 e. The van der Waals surface area contributed by atoms with Gasteiger partial charge in [0.05, 0.1) is 17.2 Å². The molecule has 0 saturated heterocycles. The predicted molar refractivity (Wildman–Crippen MR) is 103 cm³/mol. The number of nitrogens with one attached hydrogen (secondary N) is 2. The van der Waals surface area contributed by atoms with Crippen LogP contribution in [0.3, 0.4) is 0 Å². The summed E-state index contributed by atoms with van der Waals surface area (Å²) in [5, 5.41) is 12.0. The number of hydrogen-bond acceptors (Lipinski definition) is 6. The quantitative estimate of drug-likeness (QED) is 0.577. The van der Waals surface area contributed by atoms with E-state index in [1.165, 1.54) is 0 Å². The molecule has 0 saturated carbocycles. The molecule has 1 atom stereocenters. The number of H-pyrrole nitrogens is 1. The van der Waals surface area contributed by atoms with Gasteiger partial charge >= 0.3 is 0 Å². The van der Waals surface area contributed by atoms with Gasteiger partial charge < -0.3 is 9.73 Å². The van der Waals surface area contributed by atoms with E-state index < -0.39 is 0 Å². The second-order valence-electron chi connectivity index (χ2n) is 6.03. The summed E-state index contributed by atoms with van der Waals surface area (Å²) < 4.78 is 7.83. The molecule has 0 aliphatic rings. The molecule has 0 aliphatic heterocycles. The zero-order valence-corrected chi connectivity index (χ0v) is 16.3. The first-order valence-electron chi connectivity index (χ1n) is 8.22. The molecule has 0 fully saturated rings. The van der Waals surface area contributed by atoms with Crippen molar-refractivity contribution in [2.75, 3.05) is 20.6 Å². The van der Waals surface area contributed by atoms with E-state index in [9.17, 15) is 4.79 Å². The monoisotopic (exact) mass is 391 g/mol. The third kappa shape index (κ3) is 4.29. The van der Waals surface area contributed by atoms with Crippen LogP contribution in [-0.4, -0.2) is 46.2 Å². The first-order valence-corrected chi connectivity index (χ1v) is 9.50. The average molecular weight is 392 g/mol. The van der Waals surface area contributed by atoms with Crippen molar-refractivity contribution >= 4 is 29.5 Å². The van der Waals surface area contributed by atoms with Crippen LogP contribution in [0.5, 0.6) is 0 Å². The van der Waals surface area contributed by atoms with Gasteiger partial charge in [0, 0.05) is 19.5 Å². The normalized spacial score (nSPS) is 12.4. The summed E-state index contributed by atoms with van der Waals surface area (Å²) in [5.74, 6) is 1.55. The highest BCUT2D eigenvalue weighted by Crippen LogP contribution is 2.23. The van der Waals surface area contributed by atoms with Crippen LogP contribution in [0.15, 0.2) is 40.3 Å². The van der Waals surface area contributed by atoms with E-state index in [4.69, 9.17) is 16.6 Å². The lowest BCUT2D eigenvalue weighted by molar-refractivity contribution is -0.121. The maximum absolute atomic E-state index is 12.3. The van der Waals surface area contributed by atoms with Crippen molar-refractivity contribution in [3.8, 4) is 10.7 Å². The first kappa shape index (κ1) is 18.6. The number of thiophene rings is 1.